The zero-order chi connectivity index (χ0) is 10.6. The lowest BCUT2D eigenvalue weighted by molar-refractivity contribution is 0.0920. The largest absolute Gasteiger partial charge is 0.319 e. The molecule has 0 aromatic carbocycles. The van der Waals surface area contributed by atoms with Crippen molar-refractivity contribution in [3.8, 4) is 0 Å². The topological polar surface area (TPSA) is 29.1 Å². The number of ketones is 1. The summed E-state index contributed by atoms with van der Waals surface area (Å²) in [5.41, 5.74) is 1.11. The lowest BCUT2D eigenvalue weighted by Crippen LogP contribution is -2.25. The molecule has 0 aliphatic rings. The van der Waals surface area contributed by atoms with E-state index in [4.69, 9.17) is 0 Å². The van der Waals surface area contributed by atoms with Gasteiger partial charge in [-0.15, -0.1) is 11.3 Å². The average molecular weight is 211 g/mol. The van der Waals surface area contributed by atoms with Crippen LogP contribution in [0.5, 0.6) is 0 Å². The van der Waals surface area contributed by atoms with Crippen molar-refractivity contribution in [2.75, 3.05) is 13.6 Å². The van der Waals surface area contributed by atoms with Crippen molar-refractivity contribution < 1.29 is 4.79 Å². The van der Waals surface area contributed by atoms with Gasteiger partial charge in [0, 0.05) is 12.5 Å². The Kier molecular flexibility index (Phi) is 4.29. The van der Waals surface area contributed by atoms with Gasteiger partial charge in [0.15, 0.2) is 5.78 Å². The predicted molar refractivity (Wildman–Crippen MR) is 61.1 cm³/mol. The van der Waals surface area contributed by atoms with Gasteiger partial charge in [-0.25, -0.2) is 0 Å². The van der Waals surface area contributed by atoms with Crippen LogP contribution in [0.1, 0.15) is 28.6 Å². The van der Waals surface area contributed by atoms with Crippen LogP contribution < -0.4 is 5.32 Å². The van der Waals surface area contributed by atoms with Gasteiger partial charge in [0.05, 0.1) is 4.88 Å². The van der Waals surface area contributed by atoms with E-state index in [0.717, 1.165) is 23.4 Å². The maximum absolute atomic E-state index is 12.0. The molecule has 0 fully saturated rings. The van der Waals surface area contributed by atoms with Crippen molar-refractivity contribution in [1.29, 1.82) is 0 Å². The van der Waals surface area contributed by atoms with Gasteiger partial charge in [-0.2, -0.15) is 0 Å². The van der Waals surface area contributed by atoms with Gasteiger partial charge in [0.2, 0.25) is 0 Å². The molecule has 1 unspecified atom stereocenters. The monoisotopic (exact) mass is 211 g/mol. The molecule has 1 N–H and O–H groups in total. The second-order valence-electron chi connectivity index (χ2n) is 3.46. The molecule has 3 heteroatoms. The summed E-state index contributed by atoms with van der Waals surface area (Å²) in [6, 6.07) is 2.00. The fourth-order valence-electron chi connectivity index (χ4n) is 1.48. The normalized spacial score (nSPS) is 12.8. The van der Waals surface area contributed by atoms with Gasteiger partial charge >= 0.3 is 0 Å². The van der Waals surface area contributed by atoms with E-state index in [1.54, 1.807) is 11.3 Å². The SMILES string of the molecule is CCC(CNC)C(=O)c1sccc1C. The van der Waals surface area contributed by atoms with Crippen LogP contribution in [0.2, 0.25) is 0 Å². The lowest BCUT2D eigenvalue weighted by atomic mass is 9.98. The highest BCUT2D eigenvalue weighted by Crippen LogP contribution is 2.21. The third-order valence-electron chi connectivity index (χ3n) is 2.40. The molecule has 0 spiro atoms. The number of Topliss-reactive ketones (excluding diaryl/α,β-unsaturated/α-hetero) is 1. The zero-order valence-electron chi connectivity index (χ0n) is 8.96. The van der Waals surface area contributed by atoms with Crippen molar-refractivity contribution in [3.05, 3.63) is 21.9 Å². The van der Waals surface area contributed by atoms with E-state index in [1.165, 1.54) is 0 Å². The number of thiophene rings is 1. The van der Waals surface area contributed by atoms with Crippen molar-refractivity contribution >= 4 is 17.1 Å². The van der Waals surface area contributed by atoms with E-state index >= 15 is 0 Å². The molecule has 0 saturated heterocycles. The second kappa shape index (κ2) is 5.27. The number of carbonyl (C=O) groups is 1. The van der Waals surface area contributed by atoms with E-state index in [-0.39, 0.29) is 11.7 Å². The summed E-state index contributed by atoms with van der Waals surface area (Å²) in [6.07, 6.45) is 0.900. The standard InChI is InChI=1S/C11H17NOS/c1-4-9(7-12-3)10(13)11-8(2)5-6-14-11/h5-6,9,12H,4,7H2,1-3H3. The summed E-state index contributed by atoms with van der Waals surface area (Å²) in [5, 5.41) is 5.05. The summed E-state index contributed by atoms with van der Waals surface area (Å²) in [6.45, 7) is 4.82. The molecular weight excluding hydrogens is 194 g/mol. The van der Waals surface area contributed by atoms with Crippen LogP contribution in [0, 0.1) is 12.8 Å². The van der Waals surface area contributed by atoms with E-state index < -0.39 is 0 Å². The van der Waals surface area contributed by atoms with Gasteiger partial charge in [-0.05, 0) is 37.4 Å². The molecular formula is C11H17NOS. The molecule has 0 radical (unpaired) electrons. The minimum Gasteiger partial charge on any atom is -0.319 e. The molecule has 1 rings (SSSR count). The first-order chi connectivity index (χ1) is 6.70. The Balaban J connectivity index is 2.78. The lowest BCUT2D eigenvalue weighted by Gasteiger charge is -2.12. The van der Waals surface area contributed by atoms with Crippen molar-refractivity contribution in [3.63, 3.8) is 0 Å². The summed E-state index contributed by atoms with van der Waals surface area (Å²) < 4.78 is 0. The number of rotatable bonds is 5. The van der Waals surface area contributed by atoms with Gasteiger partial charge in [0.25, 0.3) is 0 Å². The fraction of sp³-hybridized carbons (Fsp3) is 0.545. The van der Waals surface area contributed by atoms with Crippen LogP contribution in [0.15, 0.2) is 11.4 Å². The molecule has 78 valence electrons. The number of carbonyl (C=O) groups excluding carboxylic acids is 1. The third kappa shape index (κ3) is 2.42. The molecule has 1 aromatic heterocycles. The highest BCUT2D eigenvalue weighted by Gasteiger charge is 2.19. The molecule has 0 amide bonds. The van der Waals surface area contributed by atoms with Crippen LogP contribution >= 0.6 is 11.3 Å². The average Bonchev–Trinajstić information content (AvgIpc) is 2.59. The molecule has 1 atom stereocenters. The molecule has 1 heterocycles. The van der Waals surface area contributed by atoms with Gasteiger partial charge in [0.1, 0.15) is 0 Å². The Labute approximate surface area is 89.3 Å². The molecule has 2 nitrogen and oxygen atoms in total. The Hall–Kier alpha value is -0.670. The van der Waals surface area contributed by atoms with Crippen LogP contribution in [0.25, 0.3) is 0 Å². The summed E-state index contributed by atoms with van der Waals surface area (Å²) in [7, 11) is 1.89. The molecule has 14 heavy (non-hydrogen) atoms. The maximum Gasteiger partial charge on any atom is 0.177 e. The maximum atomic E-state index is 12.0. The van der Waals surface area contributed by atoms with Crippen LogP contribution in [-0.4, -0.2) is 19.4 Å². The van der Waals surface area contributed by atoms with E-state index in [9.17, 15) is 4.79 Å². The Morgan fingerprint density at radius 2 is 2.36 bits per heavy atom. The first kappa shape index (κ1) is 11.4. The first-order valence-corrected chi connectivity index (χ1v) is 5.81. The Bertz CT molecular complexity index is 306. The number of nitrogens with one attached hydrogen (secondary N) is 1. The molecule has 0 bridgehead atoms. The molecule has 1 aromatic rings. The van der Waals surface area contributed by atoms with E-state index in [0.29, 0.717) is 0 Å². The number of hydrogen-bond acceptors (Lipinski definition) is 3. The van der Waals surface area contributed by atoms with Crippen LogP contribution in [0.4, 0.5) is 0 Å². The smallest absolute Gasteiger partial charge is 0.177 e. The van der Waals surface area contributed by atoms with E-state index in [2.05, 4.69) is 12.2 Å². The van der Waals surface area contributed by atoms with Crippen LogP contribution in [0.3, 0.4) is 0 Å². The predicted octanol–water partition coefficient (Wildman–Crippen LogP) is 2.48. The Morgan fingerprint density at radius 3 is 2.79 bits per heavy atom. The summed E-state index contributed by atoms with van der Waals surface area (Å²) in [5.74, 6) is 0.409. The molecule has 0 saturated carbocycles. The third-order valence-corrected chi connectivity index (χ3v) is 3.43. The van der Waals surface area contributed by atoms with Gasteiger partial charge < -0.3 is 5.32 Å². The van der Waals surface area contributed by atoms with E-state index in [1.807, 2.05) is 25.4 Å². The van der Waals surface area contributed by atoms with Gasteiger partial charge in [-0.1, -0.05) is 6.92 Å². The quantitative estimate of drug-likeness (QED) is 0.758. The summed E-state index contributed by atoms with van der Waals surface area (Å²) in [4.78, 5) is 12.9. The zero-order valence-corrected chi connectivity index (χ0v) is 9.78. The second-order valence-corrected chi connectivity index (χ2v) is 4.38. The minimum absolute atomic E-state index is 0.123. The fourth-order valence-corrected chi connectivity index (χ4v) is 2.42. The number of aryl methyl sites for hydroxylation is 1. The number of hydrogen-bond donors (Lipinski definition) is 1. The van der Waals surface area contributed by atoms with Crippen molar-refractivity contribution in [2.45, 2.75) is 20.3 Å². The van der Waals surface area contributed by atoms with Crippen molar-refractivity contribution in [2.24, 2.45) is 5.92 Å². The van der Waals surface area contributed by atoms with Gasteiger partial charge in [-0.3, -0.25) is 4.79 Å². The highest BCUT2D eigenvalue weighted by molar-refractivity contribution is 7.12. The summed E-state index contributed by atoms with van der Waals surface area (Å²) >= 11 is 1.55. The van der Waals surface area contributed by atoms with Crippen molar-refractivity contribution in [1.82, 2.24) is 5.32 Å². The highest BCUT2D eigenvalue weighted by atomic mass is 32.1. The first-order valence-electron chi connectivity index (χ1n) is 4.93. The molecule has 0 aliphatic carbocycles. The minimum atomic E-state index is 0.123. The molecule has 0 aliphatic heterocycles. The Morgan fingerprint density at radius 1 is 1.64 bits per heavy atom. The van der Waals surface area contributed by atoms with Crippen LogP contribution in [-0.2, 0) is 0 Å².